The van der Waals surface area contributed by atoms with Gasteiger partial charge in [-0.3, -0.25) is 8.42 Å². The minimum atomic E-state index is -5.17. The van der Waals surface area contributed by atoms with Gasteiger partial charge in [0.05, 0.1) is 11.4 Å². The Morgan fingerprint density at radius 2 is 1.18 bits per heavy atom. The molecule has 0 bridgehead atoms. The molecule has 7 nitrogen and oxygen atoms in total. The van der Waals surface area contributed by atoms with Crippen molar-refractivity contribution in [1.29, 1.82) is 0 Å². The standard InChI is InChI=1S/2Na.H2O4S.H2O3S/c;;1-5(2,3)4;1-4(2)3/h;;(H2,1,2,3,4);(H2,1,2,3)/q2*+1;;/p-3. The zero-order chi connectivity index (χ0) is 8.08. The van der Waals surface area contributed by atoms with E-state index in [9.17, 15) is 0 Å². The molecule has 0 heterocycles. The Bertz CT molecular complexity index is 157. The van der Waals surface area contributed by atoms with E-state index in [1.54, 1.807) is 0 Å². The van der Waals surface area contributed by atoms with Crippen molar-refractivity contribution in [3.8, 4) is 0 Å². The van der Waals surface area contributed by atoms with Crippen LogP contribution in [-0.4, -0.2) is 30.8 Å². The number of hydrogen-bond acceptors (Lipinski definition) is 6. The predicted molar refractivity (Wildman–Crippen MR) is 22.0 cm³/mol. The molecule has 0 aromatic carbocycles. The van der Waals surface area contributed by atoms with Crippen molar-refractivity contribution in [2.75, 3.05) is 0 Å². The third-order valence-corrected chi connectivity index (χ3v) is 0. The van der Waals surface area contributed by atoms with Crippen LogP contribution in [0.5, 0.6) is 0 Å². The molecule has 11 heavy (non-hydrogen) atoms. The molecule has 11 heteroatoms. The minimum Gasteiger partial charge on any atom is -0.759 e. The maximum Gasteiger partial charge on any atom is 1.00 e. The van der Waals surface area contributed by atoms with E-state index < -0.39 is 21.8 Å². The summed E-state index contributed by atoms with van der Waals surface area (Å²) in [6.45, 7) is 0. The Kier molecular flexibility index (Phi) is 25.1. The van der Waals surface area contributed by atoms with Crippen LogP contribution in [0, 0.1) is 0 Å². The molecule has 1 atom stereocenters. The van der Waals surface area contributed by atoms with Crippen LogP contribution in [0.3, 0.4) is 0 Å². The van der Waals surface area contributed by atoms with E-state index in [2.05, 4.69) is 0 Å². The van der Waals surface area contributed by atoms with Crippen LogP contribution in [0.2, 0.25) is 0 Å². The van der Waals surface area contributed by atoms with Gasteiger partial charge >= 0.3 is 59.1 Å². The van der Waals surface area contributed by atoms with Gasteiger partial charge in [0.25, 0.3) is 0 Å². The second kappa shape index (κ2) is 11.9. The molecule has 0 aliphatic carbocycles. The van der Waals surface area contributed by atoms with Crippen LogP contribution in [0.25, 0.3) is 0 Å². The van der Waals surface area contributed by atoms with Crippen molar-refractivity contribution in [3.05, 3.63) is 0 Å². The summed E-state index contributed by atoms with van der Waals surface area (Å²) >= 11 is -2.86. The van der Waals surface area contributed by atoms with Crippen LogP contribution < -0.4 is 59.1 Å². The molecule has 0 saturated heterocycles. The average Bonchev–Trinajstić information content (AvgIpc) is 1.19. The van der Waals surface area contributed by atoms with Gasteiger partial charge in [-0.2, -0.15) is 0 Å². The first kappa shape index (κ1) is 23.1. The normalized spacial score (nSPS) is 10.9. The van der Waals surface area contributed by atoms with E-state index in [0.29, 0.717) is 0 Å². The number of rotatable bonds is 0. The molecule has 0 rings (SSSR count). The largest absolute Gasteiger partial charge is 1.00 e. The van der Waals surface area contributed by atoms with E-state index in [-0.39, 0.29) is 59.1 Å². The molecule has 1 N–H and O–H groups in total. The molecular weight excluding hydrogens is 222 g/mol. The monoisotopic (exact) mass is 223 g/mol. The molecule has 0 aromatic heterocycles. The number of hydrogen-bond donors (Lipinski definition) is 1. The average molecular weight is 223 g/mol. The molecule has 1 unspecified atom stereocenters. The minimum absolute atomic E-state index is 0. The maximum absolute atomic E-state index is 8.56. The fourth-order valence-corrected chi connectivity index (χ4v) is 0. The van der Waals surface area contributed by atoms with E-state index in [0.717, 1.165) is 0 Å². The Morgan fingerprint density at radius 3 is 1.18 bits per heavy atom. The summed E-state index contributed by atoms with van der Waals surface area (Å²) in [7, 11) is -5.17. The van der Waals surface area contributed by atoms with Gasteiger partial charge in [0.15, 0.2) is 0 Å². The van der Waals surface area contributed by atoms with E-state index >= 15 is 0 Å². The van der Waals surface area contributed by atoms with Crippen molar-refractivity contribution in [2.45, 2.75) is 0 Å². The molecule has 0 radical (unpaired) electrons. The summed E-state index contributed by atoms with van der Waals surface area (Å²) in [5.74, 6) is 0. The van der Waals surface area contributed by atoms with Gasteiger partial charge in [0, 0.05) is 10.4 Å². The molecule has 0 spiro atoms. The van der Waals surface area contributed by atoms with Gasteiger partial charge < -0.3 is 18.2 Å². The third-order valence-electron chi connectivity index (χ3n) is 0. The zero-order valence-electron chi connectivity index (χ0n) is 5.71. The van der Waals surface area contributed by atoms with Crippen molar-refractivity contribution >= 4 is 21.8 Å². The zero-order valence-corrected chi connectivity index (χ0v) is 11.3. The second-order valence-electron chi connectivity index (χ2n) is 0.625. The summed E-state index contributed by atoms with van der Waals surface area (Å²) in [6.07, 6.45) is 0. The van der Waals surface area contributed by atoms with Gasteiger partial charge in [-0.05, 0) is 0 Å². The maximum atomic E-state index is 8.56. The molecule has 0 aliphatic rings. The summed E-state index contributed by atoms with van der Waals surface area (Å²) < 4.78 is 58.2. The van der Waals surface area contributed by atoms with Crippen molar-refractivity contribution in [3.63, 3.8) is 0 Å². The van der Waals surface area contributed by atoms with Gasteiger partial charge in [-0.25, -0.2) is 4.21 Å². The first-order valence-corrected chi connectivity index (χ1v) is 3.55. The van der Waals surface area contributed by atoms with Crippen LogP contribution >= 0.6 is 0 Å². The van der Waals surface area contributed by atoms with Gasteiger partial charge in [0.2, 0.25) is 0 Å². The Hall–Kier alpha value is 1.94. The second-order valence-corrected chi connectivity index (χ2v) is 1.88. The molecule has 0 amide bonds. The van der Waals surface area contributed by atoms with E-state index in [1.807, 2.05) is 0 Å². The van der Waals surface area contributed by atoms with Crippen LogP contribution in [0.4, 0.5) is 0 Å². The summed E-state index contributed by atoms with van der Waals surface area (Å²) in [4.78, 5) is 0. The molecule has 0 saturated carbocycles. The first-order valence-electron chi connectivity index (χ1n) is 1.18. The Balaban J connectivity index is -0.0000000383. The summed E-state index contributed by atoms with van der Waals surface area (Å²) in [5, 5.41) is 0. The van der Waals surface area contributed by atoms with Crippen LogP contribution in [-0.2, 0) is 21.8 Å². The summed E-state index contributed by atoms with van der Waals surface area (Å²) in [6, 6.07) is 0. The van der Waals surface area contributed by atoms with Gasteiger partial charge in [0.1, 0.15) is 0 Å². The van der Waals surface area contributed by atoms with Crippen LogP contribution in [0.1, 0.15) is 0 Å². The van der Waals surface area contributed by atoms with Crippen molar-refractivity contribution < 1.29 is 90.0 Å². The fourth-order valence-electron chi connectivity index (χ4n) is 0. The fraction of sp³-hybridized carbons (Fsp3) is 0. The molecule has 58 valence electrons. The molecular formula is HNa2O7S2-. The quantitative estimate of drug-likeness (QED) is 0.186. The van der Waals surface area contributed by atoms with Crippen LogP contribution in [0.15, 0.2) is 0 Å². The first-order chi connectivity index (χ1) is 3.73. The Labute approximate surface area is 110 Å². The third kappa shape index (κ3) is 313. The Morgan fingerprint density at radius 1 is 1.18 bits per heavy atom. The SMILES string of the molecule is O=S(=O)([O-])[O-].O=S([O-])O.[Na+].[Na+]. The molecule has 0 aliphatic heterocycles. The summed E-state index contributed by atoms with van der Waals surface area (Å²) in [5.41, 5.74) is 0. The predicted octanol–water partition coefficient (Wildman–Crippen LogP) is -7.99. The smallest absolute Gasteiger partial charge is 0.759 e. The van der Waals surface area contributed by atoms with Gasteiger partial charge in [-0.1, -0.05) is 0 Å². The van der Waals surface area contributed by atoms with E-state index in [4.69, 9.17) is 30.8 Å². The van der Waals surface area contributed by atoms with Gasteiger partial charge in [-0.15, -0.1) is 0 Å². The van der Waals surface area contributed by atoms with E-state index in [1.165, 1.54) is 0 Å². The molecule has 0 fully saturated rings. The van der Waals surface area contributed by atoms with Crippen molar-refractivity contribution in [2.24, 2.45) is 0 Å². The molecule has 0 aromatic rings. The van der Waals surface area contributed by atoms with Crippen molar-refractivity contribution in [1.82, 2.24) is 0 Å². The topological polar surface area (TPSA) is 141 Å².